The SMILES string of the molecule is CC(C)(C)OC(=O)N[C@@H](Cc1ccccc1)C(=O)N1C[C@@]2(C(=O)NC3(CC#N)CCCC3)CC1CO2. The summed E-state index contributed by atoms with van der Waals surface area (Å²) in [5.41, 5.74) is -1.45. The summed E-state index contributed by atoms with van der Waals surface area (Å²) in [5.74, 6) is -0.516. The third-order valence-electron chi connectivity index (χ3n) is 7.31. The molecule has 2 N–H and O–H groups in total. The normalized spacial score (nSPS) is 25.2. The Hall–Kier alpha value is -3.12. The monoisotopic (exact) mass is 496 g/mol. The van der Waals surface area contributed by atoms with Gasteiger partial charge < -0.3 is 25.0 Å². The second-order valence-electron chi connectivity index (χ2n) is 11.3. The first-order valence-electron chi connectivity index (χ1n) is 12.7. The molecule has 1 unspecified atom stereocenters. The summed E-state index contributed by atoms with van der Waals surface area (Å²) in [7, 11) is 0. The van der Waals surface area contributed by atoms with Gasteiger partial charge in [0.05, 0.1) is 37.2 Å². The number of likely N-dealkylation sites (tertiary alicyclic amines) is 1. The van der Waals surface area contributed by atoms with Gasteiger partial charge in [-0.05, 0) is 39.2 Å². The zero-order valence-electron chi connectivity index (χ0n) is 21.3. The first kappa shape index (κ1) is 26.0. The van der Waals surface area contributed by atoms with Crippen molar-refractivity contribution in [1.82, 2.24) is 15.5 Å². The van der Waals surface area contributed by atoms with Crippen molar-refractivity contribution in [2.75, 3.05) is 13.2 Å². The number of nitrogens with zero attached hydrogens (tertiary/aromatic N) is 2. The number of hydrogen-bond donors (Lipinski definition) is 2. The first-order valence-corrected chi connectivity index (χ1v) is 12.7. The van der Waals surface area contributed by atoms with E-state index in [9.17, 15) is 19.6 Å². The van der Waals surface area contributed by atoms with E-state index < -0.39 is 28.9 Å². The van der Waals surface area contributed by atoms with Crippen LogP contribution in [0.4, 0.5) is 4.79 Å². The number of amides is 3. The Kier molecular flexibility index (Phi) is 7.28. The van der Waals surface area contributed by atoms with Gasteiger partial charge in [0.1, 0.15) is 11.6 Å². The fraction of sp³-hybridized carbons (Fsp3) is 0.630. The Balaban J connectivity index is 1.49. The van der Waals surface area contributed by atoms with Crippen LogP contribution in [0.3, 0.4) is 0 Å². The smallest absolute Gasteiger partial charge is 0.408 e. The van der Waals surface area contributed by atoms with Gasteiger partial charge in [-0.2, -0.15) is 5.26 Å². The highest BCUT2D eigenvalue weighted by Crippen LogP contribution is 2.40. The molecule has 36 heavy (non-hydrogen) atoms. The quantitative estimate of drug-likeness (QED) is 0.599. The van der Waals surface area contributed by atoms with E-state index in [0.29, 0.717) is 12.8 Å². The molecule has 0 aromatic heterocycles. The van der Waals surface area contributed by atoms with Crippen LogP contribution in [0.1, 0.15) is 64.9 Å². The fourth-order valence-corrected chi connectivity index (χ4v) is 5.56. The number of nitriles is 1. The van der Waals surface area contributed by atoms with Gasteiger partial charge in [0.25, 0.3) is 5.91 Å². The van der Waals surface area contributed by atoms with Crippen molar-refractivity contribution >= 4 is 17.9 Å². The summed E-state index contributed by atoms with van der Waals surface area (Å²) in [6.07, 6.45) is 3.79. The molecule has 3 aliphatic rings. The number of carbonyl (C=O) groups excluding carboxylic acids is 3. The van der Waals surface area contributed by atoms with Gasteiger partial charge in [-0.25, -0.2) is 4.79 Å². The van der Waals surface area contributed by atoms with Crippen molar-refractivity contribution in [3.8, 4) is 6.07 Å². The number of nitrogens with one attached hydrogen (secondary N) is 2. The molecule has 1 aliphatic carbocycles. The highest BCUT2D eigenvalue weighted by molar-refractivity contribution is 5.91. The first-order chi connectivity index (χ1) is 17.0. The van der Waals surface area contributed by atoms with Crippen LogP contribution in [0.15, 0.2) is 30.3 Å². The van der Waals surface area contributed by atoms with Crippen molar-refractivity contribution in [2.45, 2.75) is 94.5 Å². The maximum atomic E-state index is 13.7. The molecule has 1 aromatic carbocycles. The summed E-state index contributed by atoms with van der Waals surface area (Å²) in [5, 5.41) is 15.2. The second-order valence-corrected chi connectivity index (χ2v) is 11.3. The molecule has 0 spiro atoms. The Bertz CT molecular complexity index is 1020. The molecule has 0 radical (unpaired) electrons. The van der Waals surface area contributed by atoms with Gasteiger partial charge in [0.2, 0.25) is 5.91 Å². The molecule has 9 nitrogen and oxygen atoms in total. The molecular weight excluding hydrogens is 460 g/mol. The predicted molar refractivity (Wildman–Crippen MR) is 132 cm³/mol. The van der Waals surface area contributed by atoms with Crippen molar-refractivity contribution < 1.29 is 23.9 Å². The van der Waals surface area contributed by atoms with E-state index in [4.69, 9.17) is 9.47 Å². The van der Waals surface area contributed by atoms with E-state index in [0.717, 1.165) is 31.2 Å². The van der Waals surface area contributed by atoms with E-state index in [2.05, 4.69) is 16.7 Å². The summed E-state index contributed by atoms with van der Waals surface area (Å²) < 4.78 is 11.4. The number of benzene rings is 1. The fourth-order valence-electron chi connectivity index (χ4n) is 5.56. The number of fused-ring (bicyclic) bond motifs is 2. The van der Waals surface area contributed by atoms with Crippen molar-refractivity contribution in [3.63, 3.8) is 0 Å². The lowest BCUT2D eigenvalue weighted by molar-refractivity contribution is -0.152. The van der Waals surface area contributed by atoms with Crippen LogP contribution in [0.5, 0.6) is 0 Å². The standard InChI is InChI=1S/C27H36N4O5/c1-25(2,3)36-24(34)29-21(15-19-9-5-4-6-10-19)22(32)31-18-27(16-20(31)17-35-27)23(33)30-26(13-14-28)11-7-8-12-26/h4-6,9-10,20-21H,7-8,11-13,15-18H2,1-3H3,(H,29,34)(H,30,33)/t20?,21-,27+/m0/s1. The number of alkyl carbamates (subject to hydrolysis) is 1. The summed E-state index contributed by atoms with van der Waals surface area (Å²) in [4.78, 5) is 41.4. The average molecular weight is 497 g/mol. The molecule has 3 atom stereocenters. The van der Waals surface area contributed by atoms with Gasteiger partial charge in [-0.1, -0.05) is 43.2 Å². The minimum Gasteiger partial charge on any atom is -0.444 e. The Labute approximate surface area is 212 Å². The summed E-state index contributed by atoms with van der Waals surface area (Å²) >= 11 is 0. The molecule has 2 aliphatic heterocycles. The third kappa shape index (κ3) is 5.65. The number of morpholine rings is 1. The highest BCUT2D eigenvalue weighted by atomic mass is 16.6. The lowest BCUT2D eigenvalue weighted by Crippen LogP contribution is -2.60. The molecule has 1 saturated carbocycles. The molecule has 1 aromatic rings. The van der Waals surface area contributed by atoms with E-state index in [1.54, 1.807) is 25.7 Å². The van der Waals surface area contributed by atoms with Crippen LogP contribution >= 0.6 is 0 Å². The third-order valence-corrected chi connectivity index (χ3v) is 7.31. The molecule has 2 saturated heterocycles. The number of ether oxygens (including phenoxy) is 2. The largest absolute Gasteiger partial charge is 0.444 e. The topological polar surface area (TPSA) is 121 Å². The predicted octanol–water partition coefficient (Wildman–Crippen LogP) is 2.83. The van der Waals surface area contributed by atoms with E-state index in [-0.39, 0.29) is 37.4 Å². The van der Waals surface area contributed by atoms with Crippen molar-refractivity contribution in [2.24, 2.45) is 0 Å². The average Bonchev–Trinajstić information content (AvgIpc) is 3.54. The number of rotatable bonds is 7. The van der Waals surface area contributed by atoms with Crippen LogP contribution < -0.4 is 10.6 Å². The van der Waals surface area contributed by atoms with Gasteiger partial charge in [0.15, 0.2) is 5.60 Å². The van der Waals surface area contributed by atoms with E-state index in [1.807, 2.05) is 30.3 Å². The van der Waals surface area contributed by atoms with Gasteiger partial charge >= 0.3 is 6.09 Å². The molecule has 4 rings (SSSR count). The molecule has 9 heteroatoms. The van der Waals surface area contributed by atoms with Crippen LogP contribution in [0, 0.1) is 11.3 Å². The lowest BCUT2D eigenvalue weighted by atomic mass is 9.91. The number of carbonyl (C=O) groups is 3. The van der Waals surface area contributed by atoms with Gasteiger partial charge in [-0.3, -0.25) is 9.59 Å². The minimum absolute atomic E-state index is 0.117. The Morgan fingerprint density at radius 2 is 1.92 bits per heavy atom. The maximum Gasteiger partial charge on any atom is 0.408 e. The van der Waals surface area contributed by atoms with Crippen LogP contribution in [-0.4, -0.2) is 64.8 Å². The highest BCUT2D eigenvalue weighted by Gasteiger charge is 2.58. The Morgan fingerprint density at radius 3 is 2.56 bits per heavy atom. The molecule has 194 valence electrons. The van der Waals surface area contributed by atoms with Crippen LogP contribution in [0.2, 0.25) is 0 Å². The Morgan fingerprint density at radius 1 is 1.22 bits per heavy atom. The van der Waals surface area contributed by atoms with Gasteiger partial charge in [-0.15, -0.1) is 0 Å². The minimum atomic E-state index is -1.13. The molecule has 2 heterocycles. The lowest BCUT2D eigenvalue weighted by Gasteiger charge is -2.36. The zero-order chi connectivity index (χ0) is 26.0. The van der Waals surface area contributed by atoms with E-state index in [1.165, 1.54) is 0 Å². The van der Waals surface area contributed by atoms with Crippen LogP contribution in [0.25, 0.3) is 0 Å². The van der Waals surface area contributed by atoms with Crippen molar-refractivity contribution in [1.29, 1.82) is 5.26 Å². The van der Waals surface area contributed by atoms with E-state index >= 15 is 0 Å². The zero-order valence-corrected chi connectivity index (χ0v) is 21.3. The molecule has 3 amide bonds. The second kappa shape index (κ2) is 10.1. The molecule has 3 fully saturated rings. The molecule has 2 bridgehead atoms. The molecular formula is C27H36N4O5. The number of hydrogen-bond acceptors (Lipinski definition) is 6. The van der Waals surface area contributed by atoms with Crippen LogP contribution in [-0.2, 0) is 25.5 Å². The van der Waals surface area contributed by atoms with Gasteiger partial charge in [0, 0.05) is 12.8 Å². The maximum absolute atomic E-state index is 13.7. The summed E-state index contributed by atoms with van der Waals surface area (Å²) in [6.45, 7) is 5.68. The summed E-state index contributed by atoms with van der Waals surface area (Å²) in [6, 6.07) is 10.6. The van der Waals surface area contributed by atoms with Crippen molar-refractivity contribution in [3.05, 3.63) is 35.9 Å².